The minimum Gasteiger partial charge on any atom is -0.376 e. The summed E-state index contributed by atoms with van der Waals surface area (Å²) in [5.41, 5.74) is 0. The fourth-order valence-electron chi connectivity index (χ4n) is 0.499. The van der Waals surface area contributed by atoms with Crippen LogP contribution >= 0.6 is 0 Å². The molecular weight excluding hydrogens is 158 g/mol. The molecule has 0 aliphatic carbocycles. The first-order chi connectivity index (χ1) is 5.56. The Labute approximate surface area is 72.3 Å². The minimum atomic E-state index is -0.657. The highest BCUT2D eigenvalue weighted by Crippen LogP contribution is 1.89. The summed E-state index contributed by atoms with van der Waals surface area (Å²) in [7, 11) is 0. The Kier molecular flexibility index (Phi) is 5.08. The molecule has 0 saturated carbocycles. The van der Waals surface area contributed by atoms with Gasteiger partial charge in [-0.1, -0.05) is 20.8 Å². The largest absolute Gasteiger partial charge is 0.414 e. The molecule has 0 atom stereocenters. The first-order valence-electron chi connectivity index (χ1n) is 4.04. The normalized spacial score (nSPS) is 9.67. The third-order valence-corrected chi connectivity index (χ3v) is 1.15. The highest BCUT2D eigenvalue weighted by molar-refractivity contribution is 5.84. The Balaban J connectivity index is 3.53. The van der Waals surface area contributed by atoms with Crippen LogP contribution in [-0.4, -0.2) is 18.6 Å². The van der Waals surface area contributed by atoms with Crippen LogP contribution in [0.25, 0.3) is 0 Å². The molecule has 0 aromatic rings. The molecule has 70 valence electrons. The van der Waals surface area contributed by atoms with Crippen molar-refractivity contribution in [1.82, 2.24) is 5.32 Å². The van der Waals surface area contributed by atoms with Gasteiger partial charge in [-0.25, -0.2) is 4.79 Å². The Morgan fingerprint density at radius 2 is 2.00 bits per heavy atom. The summed E-state index contributed by atoms with van der Waals surface area (Å²) in [6, 6.07) is 0. The van der Waals surface area contributed by atoms with Crippen molar-refractivity contribution < 1.29 is 14.3 Å². The Morgan fingerprint density at radius 1 is 1.42 bits per heavy atom. The topological polar surface area (TPSA) is 55.4 Å². The lowest BCUT2D eigenvalue weighted by molar-refractivity contribution is -0.136. The predicted molar refractivity (Wildman–Crippen MR) is 44.6 cm³/mol. The van der Waals surface area contributed by atoms with Crippen molar-refractivity contribution in [3.8, 4) is 0 Å². The van der Waals surface area contributed by atoms with E-state index in [0.29, 0.717) is 12.5 Å². The minimum absolute atomic E-state index is 0.217. The predicted octanol–water partition coefficient (Wildman–Crippen LogP) is 1.31. The van der Waals surface area contributed by atoms with Crippen LogP contribution in [0.1, 0.15) is 27.2 Å². The van der Waals surface area contributed by atoms with Crippen LogP contribution in [0.3, 0.4) is 0 Å². The number of ether oxygens (including phenoxy) is 1. The number of amides is 1. The van der Waals surface area contributed by atoms with Gasteiger partial charge in [0.25, 0.3) is 0 Å². The van der Waals surface area contributed by atoms with Gasteiger partial charge in [0.1, 0.15) is 0 Å². The lowest BCUT2D eigenvalue weighted by Gasteiger charge is -2.06. The fraction of sp³-hybridized carbons (Fsp3) is 0.750. The summed E-state index contributed by atoms with van der Waals surface area (Å²) in [4.78, 5) is 21.3. The van der Waals surface area contributed by atoms with E-state index in [9.17, 15) is 9.59 Å². The molecule has 0 aliphatic heterocycles. The maximum atomic E-state index is 10.8. The number of carbonyl (C=O) groups excluding carboxylic acids is 2. The van der Waals surface area contributed by atoms with E-state index in [1.165, 1.54) is 0 Å². The van der Waals surface area contributed by atoms with Crippen molar-refractivity contribution in [2.75, 3.05) is 6.54 Å². The second kappa shape index (κ2) is 5.57. The highest BCUT2D eigenvalue weighted by Gasteiger charge is 2.07. The average Bonchev–Trinajstić information content (AvgIpc) is 2.00. The first-order valence-corrected chi connectivity index (χ1v) is 4.04. The van der Waals surface area contributed by atoms with Gasteiger partial charge in [0.15, 0.2) is 0 Å². The van der Waals surface area contributed by atoms with Gasteiger partial charge in [0.05, 0.1) is 0 Å². The molecule has 4 heteroatoms. The van der Waals surface area contributed by atoms with Gasteiger partial charge < -0.3 is 10.1 Å². The van der Waals surface area contributed by atoms with E-state index in [0.717, 1.165) is 0 Å². The van der Waals surface area contributed by atoms with Crippen molar-refractivity contribution in [2.45, 2.75) is 27.2 Å². The molecule has 0 bridgehead atoms. The number of hydrogen-bond donors (Lipinski definition) is 1. The van der Waals surface area contributed by atoms with Crippen LogP contribution in [0.15, 0.2) is 0 Å². The third-order valence-electron chi connectivity index (χ3n) is 1.15. The Hall–Kier alpha value is -1.06. The zero-order valence-corrected chi connectivity index (χ0v) is 7.72. The molecule has 12 heavy (non-hydrogen) atoms. The molecule has 0 rings (SSSR count). The summed E-state index contributed by atoms with van der Waals surface area (Å²) in [6.45, 7) is 6.08. The maximum absolute atomic E-state index is 10.8. The highest BCUT2D eigenvalue weighted by atomic mass is 16.6. The number of alkyl carbamates (subject to hydrolysis) is 1. The van der Waals surface area contributed by atoms with Crippen LogP contribution in [0, 0.1) is 5.92 Å². The molecule has 0 radical (unpaired) electrons. The van der Waals surface area contributed by atoms with E-state index in [1.807, 2.05) is 13.8 Å². The van der Waals surface area contributed by atoms with Crippen molar-refractivity contribution in [2.24, 2.45) is 5.92 Å². The smallest absolute Gasteiger partial charge is 0.376 e. The van der Waals surface area contributed by atoms with E-state index in [-0.39, 0.29) is 6.42 Å². The molecule has 0 fully saturated rings. The van der Waals surface area contributed by atoms with Crippen molar-refractivity contribution in [3.63, 3.8) is 0 Å². The summed E-state index contributed by atoms with van der Waals surface area (Å²) in [6.07, 6.45) is -0.440. The quantitative estimate of drug-likeness (QED) is 0.517. The monoisotopic (exact) mass is 173 g/mol. The molecule has 0 aromatic heterocycles. The number of rotatable bonds is 3. The summed E-state index contributed by atoms with van der Waals surface area (Å²) in [5.74, 6) is -0.148. The van der Waals surface area contributed by atoms with E-state index in [4.69, 9.17) is 0 Å². The zero-order chi connectivity index (χ0) is 9.56. The summed E-state index contributed by atoms with van der Waals surface area (Å²) >= 11 is 0. The van der Waals surface area contributed by atoms with Gasteiger partial charge in [-0.3, -0.25) is 4.79 Å². The molecule has 4 nitrogen and oxygen atoms in total. The number of carbonyl (C=O) groups is 2. The van der Waals surface area contributed by atoms with Crippen molar-refractivity contribution in [3.05, 3.63) is 0 Å². The van der Waals surface area contributed by atoms with Crippen molar-refractivity contribution >= 4 is 12.1 Å². The third kappa shape index (κ3) is 5.70. The Morgan fingerprint density at radius 3 is 2.42 bits per heavy atom. The van der Waals surface area contributed by atoms with Crippen molar-refractivity contribution in [1.29, 1.82) is 0 Å². The van der Waals surface area contributed by atoms with E-state index < -0.39 is 12.1 Å². The standard InChI is InChI=1S/C8H15NO3/c1-4-7(10)12-8(11)9-5-6(2)3/h6H,4-5H2,1-3H3,(H,9,11). The molecule has 1 N–H and O–H groups in total. The SMILES string of the molecule is CCC(=O)OC(=O)NCC(C)C. The van der Waals surface area contributed by atoms with Gasteiger partial charge in [0, 0.05) is 13.0 Å². The van der Waals surface area contributed by atoms with Crippen LogP contribution in [0.2, 0.25) is 0 Å². The molecule has 0 aromatic carbocycles. The van der Waals surface area contributed by atoms with Gasteiger partial charge in [0.2, 0.25) is 0 Å². The van der Waals surface area contributed by atoms with E-state index in [2.05, 4.69) is 10.1 Å². The molecule has 1 amide bonds. The lowest BCUT2D eigenvalue weighted by atomic mass is 10.2. The second-order valence-electron chi connectivity index (χ2n) is 2.89. The van der Waals surface area contributed by atoms with Crippen LogP contribution in [-0.2, 0) is 9.53 Å². The molecular formula is C8H15NO3. The molecule has 0 heterocycles. The molecule has 0 aliphatic rings. The van der Waals surface area contributed by atoms with Gasteiger partial charge in [-0.05, 0) is 5.92 Å². The van der Waals surface area contributed by atoms with E-state index >= 15 is 0 Å². The molecule has 0 saturated heterocycles. The Bertz CT molecular complexity index is 166. The maximum Gasteiger partial charge on any atom is 0.414 e. The molecule has 0 unspecified atom stereocenters. The van der Waals surface area contributed by atoms with E-state index in [1.54, 1.807) is 6.92 Å². The van der Waals surface area contributed by atoms with Gasteiger partial charge in [-0.15, -0.1) is 0 Å². The van der Waals surface area contributed by atoms with Crippen LogP contribution in [0.5, 0.6) is 0 Å². The van der Waals surface area contributed by atoms with Crippen LogP contribution in [0.4, 0.5) is 4.79 Å². The first kappa shape index (κ1) is 10.9. The lowest BCUT2D eigenvalue weighted by Crippen LogP contribution is -2.29. The second-order valence-corrected chi connectivity index (χ2v) is 2.89. The van der Waals surface area contributed by atoms with Crippen LogP contribution < -0.4 is 5.32 Å². The summed E-state index contributed by atoms with van der Waals surface area (Å²) in [5, 5.41) is 2.47. The number of esters is 1. The van der Waals surface area contributed by atoms with Gasteiger partial charge >= 0.3 is 12.1 Å². The average molecular weight is 173 g/mol. The zero-order valence-electron chi connectivity index (χ0n) is 7.72. The van der Waals surface area contributed by atoms with Gasteiger partial charge in [-0.2, -0.15) is 0 Å². The molecule has 0 spiro atoms. The number of hydrogen-bond acceptors (Lipinski definition) is 3. The number of nitrogens with one attached hydrogen (secondary N) is 1. The summed E-state index contributed by atoms with van der Waals surface area (Å²) < 4.78 is 4.36. The fourth-order valence-corrected chi connectivity index (χ4v) is 0.499.